The van der Waals surface area contributed by atoms with Gasteiger partial charge in [-0.25, -0.2) is 0 Å². The molecule has 0 aromatic rings. The Balaban J connectivity index is 4.02. The maximum absolute atomic E-state index is 9.64. The highest BCUT2D eigenvalue weighted by Crippen LogP contribution is 2.15. The van der Waals surface area contributed by atoms with Crippen molar-refractivity contribution in [2.45, 2.75) is 59.5 Å². The van der Waals surface area contributed by atoms with Crippen molar-refractivity contribution >= 4 is 0 Å². The molecular weight excluding hydrogens is 210 g/mol. The Morgan fingerprint density at radius 1 is 1.24 bits per heavy atom. The molecule has 0 unspecified atom stereocenters. The van der Waals surface area contributed by atoms with Gasteiger partial charge < -0.3 is 9.59 Å². The quantitative estimate of drug-likeness (QED) is 0.511. The number of likely N-dealkylation sites (N-methyl/N-ethyl adjacent to an activating group) is 1. The minimum Gasteiger partial charge on any atom is -0.390 e. The zero-order valence-electron chi connectivity index (χ0n) is 12.7. The van der Waals surface area contributed by atoms with Crippen LogP contribution in [0.4, 0.5) is 0 Å². The van der Waals surface area contributed by atoms with Gasteiger partial charge in [0.2, 0.25) is 0 Å². The van der Waals surface area contributed by atoms with Gasteiger partial charge in [-0.15, -0.1) is 0 Å². The van der Waals surface area contributed by atoms with Crippen molar-refractivity contribution < 1.29 is 9.59 Å². The second kappa shape index (κ2) is 7.17. The van der Waals surface area contributed by atoms with E-state index in [0.717, 1.165) is 30.3 Å². The largest absolute Gasteiger partial charge is 0.390 e. The summed E-state index contributed by atoms with van der Waals surface area (Å²) in [6, 6.07) is 0. The Hall–Kier alpha value is -0.340. The van der Waals surface area contributed by atoms with E-state index in [1.165, 1.54) is 18.7 Å². The lowest BCUT2D eigenvalue weighted by molar-refractivity contribution is -0.900. The van der Waals surface area contributed by atoms with Gasteiger partial charge in [0.05, 0.1) is 32.3 Å². The number of nitrogens with zero attached hydrogens (tertiary/aromatic N) is 1. The third-order valence-corrected chi connectivity index (χ3v) is 3.77. The van der Waals surface area contributed by atoms with E-state index in [1.54, 1.807) is 0 Å². The standard InChI is InChI=1S/C15H32NO/c1-7-16(6,8-2)13-11-14(3)10-9-12-15(4,5)17/h11,17H,7-10,12-13H2,1-6H3/q+1/b14-11+. The van der Waals surface area contributed by atoms with E-state index in [4.69, 9.17) is 0 Å². The Labute approximate surface area is 108 Å². The first-order valence-corrected chi connectivity index (χ1v) is 6.94. The van der Waals surface area contributed by atoms with Gasteiger partial charge in [-0.05, 0) is 60.0 Å². The third-order valence-electron chi connectivity index (χ3n) is 3.77. The minimum atomic E-state index is -0.516. The molecule has 0 saturated heterocycles. The second-order valence-electron chi connectivity index (χ2n) is 6.15. The van der Waals surface area contributed by atoms with Gasteiger partial charge in [0.15, 0.2) is 0 Å². The number of hydrogen-bond acceptors (Lipinski definition) is 1. The SMILES string of the molecule is CC[N+](C)(CC)C/C=C(\C)CCCC(C)(C)O. The van der Waals surface area contributed by atoms with Gasteiger partial charge in [-0.2, -0.15) is 0 Å². The van der Waals surface area contributed by atoms with Crippen molar-refractivity contribution in [2.75, 3.05) is 26.7 Å². The van der Waals surface area contributed by atoms with Crippen molar-refractivity contribution in [2.24, 2.45) is 0 Å². The number of aliphatic hydroxyl groups is 1. The fourth-order valence-electron chi connectivity index (χ4n) is 1.76. The predicted octanol–water partition coefficient (Wildman–Crippen LogP) is 3.36. The van der Waals surface area contributed by atoms with Crippen LogP contribution in [-0.2, 0) is 0 Å². The fraction of sp³-hybridized carbons (Fsp3) is 0.867. The molecule has 0 aliphatic rings. The van der Waals surface area contributed by atoms with E-state index < -0.39 is 5.60 Å². The molecule has 17 heavy (non-hydrogen) atoms. The summed E-state index contributed by atoms with van der Waals surface area (Å²) in [6.07, 6.45) is 5.44. The lowest BCUT2D eigenvalue weighted by Gasteiger charge is -2.31. The average molecular weight is 242 g/mol. The van der Waals surface area contributed by atoms with Crippen molar-refractivity contribution in [1.29, 1.82) is 0 Å². The molecule has 1 N–H and O–H groups in total. The zero-order chi connectivity index (χ0) is 13.5. The third kappa shape index (κ3) is 8.39. The van der Waals surface area contributed by atoms with E-state index in [9.17, 15) is 5.11 Å². The summed E-state index contributed by atoms with van der Waals surface area (Å²) in [5, 5.41) is 9.64. The molecule has 0 atom stereocenters. The Bertz CT molecular complexity index is 234. The topological polar surface area (TPSA) is 20.2 Å². The van der Waals surface area contributed by atoms with Crippen molar-refractivity contribution in [3.63, 3.8) is 0 Å². The lowest BCUT2D eigenvalue weighted by Crippen LogP contribution is -2.43. The summed E-state index contributed by atoms with van der Waals surface area (Å²) < 4.78 is 1.11. The maximum atomic E-state index is 9.64. The Kier molecular flexibility index (Phi) is 7.03. The molecule has 0 bridgehead atoms. The van der Waals surface area contributed by atoms with Gasteiger partial charge in [0.1, 0.15) is 0 Å². The summed E-state index contributed by atoms with van der Waals surface area (Å²) in [5.74, 6) is 0. The van der Waals surface area contributed by atoms with E-state index in [0.29, 0.717) is 0 Å². The van der Waals surface area contributed by atoms with E-state index >= 15 is 0 Å². The molecule has 2 nitrogen and oxygen atoms in total. The predicted molar refractivity (Wildman–Crippen MR) is 76.0 cm³/mol. The highest BCUT2D eigenvalue weighted by Gasteiger charge is 2.14. The zero-order valence-corrected chi connectivity index (χ0v) is 12.7. The van der Waals surface area contributed by atoms with Crippen LogP contribution in [0.25, 0.3) is 0 Å². The summed E-state index contributed by atoms with van der Waals surface area (Å²) in [4.78, 5) is 0. The van der Waals surface area contributed by atoms with Crippen LogP contribution < -0.4 is 0 Å². The minimum absolute atomic E-state index is 0.516. The van der Waals surface area contributed by atoms with Gasteiger partial charge in [-0.3, -0.25) is 0 Å². The molecule has 0 aromatic carbocycles. The van der Waals surface area contributed by atoms with E-state index in [-0.39, 0.29) is 0 Å². The van der Waals surface area contributed by atoms with Crippen LogP contribution in [0.5, 0.6) is 0 Å². The highest BCUT2D eigenvalue weighted by atomic mass is 16.3. The summed E-state index contributed by atoms with van der Waals surface area (Å²) in [7, 11) is 2.31. The summed E-state index contributed by atoms with van der Waals surface area (Å²) in [5.41, 5.74) is 0.943. The average Bonchev–Trinajstić information content (AvgIpc) is 2.24. The van der Waals surface area contributed by atoms with Gasteiger partial charge in [0, 0.05) is 0 Å². The molecule has 102 valence electrons. The van der Waals surface area contributed by atoms with Gasteiger partial charge >= 0.3 is 0 Å². The van der Waals surface area contributed by atoms with Crippen molar-refractivity contribution in [1.82, 2.24) is 0 Å². The molecule has 0 radical (unpaired) electrons. The van der Waals surface area contributed by atoms with Gasteiger partial charge in [0.25, 0.3) is 0 Å². The first-order valence-electron chi connectivity index (χ1n) is 6.94. The first-order chi connectivity index (χ1) is 7.72. The molecule has 0 aliphatic heterocycles. The monoisotopic (exact) mass is 242 g/mol. The van der Waals surface area contributed by atoms with E-state index in [1.807, 2.05) is 13.8 Å². The van der Waals surface area contributed by atoms with E-state index in [2.05, 4.69) is 33.9 Å². The van der Waals surface area contributed by atoms with Crippen LogP contribution in [0, 0.1) is 0 Å². The maximum Gasteiger partial charge on any atom is 0.0974 e. The number of rotatable bonds is 8. The van der Waals surface area contributed by atoms with Crippen LogP contribution in [0.3, 0.4) is 0 Å². The number of hydrogen-bond donors (Lipinski definition) is 1. The molecule has 0 aromatic heterocycles. The normalized spacial score (nSPS) is 14.2. The van der Waals surface area contributed by atoms with Crippen molar-refractivity contribution in [3.05, 3.63) is 11.6 Å². The second-order valence-corrected chi connectivity index (χ2v) is 6.15. The fourth-order valence-corrected chi connectivity index (χ4v) is 1.76. The molecule has 0 aliphatic carbocycles. The number of allylic oxidation sites excluding steroid dienone is 1. The number of quaternary nitrogens is 1. The Morgan fingerprint density at radius 3 is 2.18 bits per heavy atom. The molecular formula is C15H32NO+. The van der Waals surface area contributed by atoms with Crippen LogP contribution in [0.2, 0.25) is 0 Å². The van der Waals surface area contributed by atoms with Crippen LogP contribution in [0.1, 0.15) is 53.9 Å². The first kappa shape index (κ1) is 16.7. The smallest absolute Gasteiger partial charge is 0.0974 e. The van der Waals surface area contributed by atoms with Crippen molar-refractivity contribution in [3.8, 4) is 0 Å². The van der Waals surface area contributed by atoms with Crippen LogP contribution in [-0.4, -0.2) is 41.9 Å². The molecule has 0 heterocycles. The molecule has 0 amide bonds. The summed E-state index contributed by atoms with van der Waals surface area (Å²) >= 11 is 0. The molecule has 0 rings (SSSR count). The Morgan fingerprint density at radius 2 is 1.76 bits per heavy atom. The molecule has 0 fully saturated rings. The molecule has 0 saturated carbocycles. The lowest BCUT2D eigenvalue weighted by atomic mass is 9.99. The van der Waals surface area contributed by atoms with Crippen LogP contribution in [0.15, 0.2) is 11.6 Å². The molecule has 2 heteroatoms. The van der Waals surface area contributed by atoms with Crippen LogP contribution >= 0.6 is 0 Å². The summed E-state index contributed by atoms with van der Waals surface area (Å²) in [6.45, 7) is 14.0. The highest BCUT2D eigenvalue weighted by molar-refractivity contribution is 4.98. The van der Waals surface area contributed by atoms with Gasteiger partial charge in [-0.1, -0.05) is 5.57 Å². The molecule has 0 spiro atoms.